The quantitative estimate of drug-likeness (QED) is 0.498. The van der Waals surface area contributed by atoms with Crippen LogP contribution in [0.5, 0.6) is 0 Å². The minimum Gasteiger partial charge on any atom is -0.457 e. The molecule has 3 nitrogen and oxygen atoms in total. The second-order valence-electron chi connectivity index (χ2n) is 4.93. The second-order valence-corrected chi connectivity index (χ2v) is 4.93. The van der Waals surface area contributed by atoms with Crippen LogP contribution in [0.1, 0.15) is 46.5 Å². The third-order valence-corrected chi connectivity index (χ3v) is 2.34. The van der Waals surface area contributed by atoms with Gasteiger partial charge in [0.1, 0.15) is 5.60 Å². The van der Waals surface area contributed by atoms with Gasteiger partial charge in [-0.25, -0.2) is 9.18 Å². The van der Waals surface area contributed by atoms with Crippen LogP contribution in [0.2, 0.25) is 0 Å². The second kappa shape index (κ2) is 3.91. The van der Waals surface area contributed by atoms with Crippen molar-refractivity contribution in [3.63, 3.8) is 0 Å². The molecule has 0 aromatic rings. The Balaban J connectivity index is 2.76. The van der Waals surface area contributed by atoms with Gasteiger partial charge in [0.2, 0.25) is 0 Å². The molecule has 0 aromatic carbocycles. The van der Waals surface area contributed by atoms with Crippen LogP contribution in [-0.2, 0) is 14.3 Å². The van der Waals surface area contributed by atoms with Gasteiger partial charge in [0.15, 0.2) is 5.78 Å². The first-order chi connectivity index (χ1) is 6.76. The Bertz CT molecular complexity index is 280. The van der Waals surface area contributed by atoms with E-state index in [-0.39, 0.29) is 12.8 Å². The fourth-order valence-corrected chi connectivity index (χ4v) is 1.57. The number of ether oxygens (including phenoxy) is 1. The van der Waals surface area contributed by atoms with Crippen LogP contribution in [0.3, 0.4) is 0 Å². The molecule has 4 heteroatoms. The minimum absolute atomic E-state index is 0.0409. The van der Waals surface area contributed by atoms with E-state index in [0.29, 0.717) is 12.8 Å². The van der Waals surface area contributed by atoms with E-state index in [0.717, 1.165) is 0 Å². The average molecular weight is 216 g/mol. The van der Waals surface area contributed by atoms with Crippen LogP contribution < -0.4 is 0 Å². The Morgan fingerprint density at radius 2 is 2.00 bits per heavy atom. The molecule has 0 amide bonds. The van der Waals surface area contributed by atoms with Gasteiger partial charge in [0.05, 0.1) is 0 Å². The third kappa shape index (κ3) is 2.76. The van der Waals surface area contributed by atoms with Crippen LogP contribution in [0, 0.1) is 0 Å². The Labute approximate surface area is 89.0 Å². The molecule has 0 radical (unpaired) electrons. The van der Waals surface area contributed by atoms with E-state index in [1.54, 1.807) is 20.8 Å². The normalized spacial score (nSPS) is 27.6. The third-order valence-electron chi connectivity index (χ3n) is 2.34. The number of halogens is 1. The van der Waals surface area contributed by atoms with Crippen molar-refractivity contribution in [2.75, 3.05) is 0 Å². The van der Waals surface area contributed by atoms with Gasteiger partial charge in [-0.15, -0.1) is 0 Å². The van der Waals surface area contributed by atoms with Gasteiger partial charge in [-0.3, -0.25) is 4.79 Å². The highest BCUT2D eigenvalue weighted by molar-refractivity contribution is 6.07. The summed E-state index contributed by atoms with van der Waals surface area (Å²) in [5.74, 6) is -1.66. The fourth-order valence-electron chi connectivity index (χ4n) is 1.57. The summed E-state index contributed by atoms with van der Waals surface area (Å²) in [4.78, 5) is 22.9. The van der Waals surface area contributed by atoms with E-state index in [9.17, 15) is 14.0 Å². The molecule has 1 fully saturated rings. The molecule has 1 unspecified atom stereocenters. The number of hydrogen-bond acceptors (Lipinski definition) is 3. The van der Waals surface area contributed by atoms with E-state index in [1.165, 1.54) is 0 Å². The summed E-state index contributed by atoms with van der Waals surface area (Å²) in [6.45, 7) is 4.96. The number of carbonyl (C=O) groups excluding carboxylic acids is 2. The number of rotatable bonds is 1. The van der Waals surface area contributed by atoms with Gasteiger partial charge < -0.3 is 4.74 Å². The molecule has 1 aliphatic carbocycles. The Kier molecular flexibility index (Phi) is 3.16. The zero-order valence-corrected chi connectivity index (χ0v) is 9.43. The van der Waals surface area contributed by atoms with Gasteiger partial charge in [0.25, 0.3) is 5.67 Å². The lowest BCUT2D eigenvalue weighted by Gasteiger charge is -2.29. The highest BCUT2D eigenvalue weighted by Gasteiger charge is 2.49. The van der Waals surface area contributed by atoms with Crippen molar-refractivity contribution in [2.24, 2.45) is 0 Å². The molecule has 1 atom stereocenters. The summed E-state index contributed by atoms with van der Waals surface area (Å²) in [7, 11) is 0. The van der Waals surface area contributed by atoms with Crippen molar-refractivity contribution < 1.29 is 18.7 Å². The average Bonchev–Trinajstić information content (AvgIpc) is 2.07. The number of ketones is 1. The van der Waals surface area contributed by atoms with Crippen molar-refractivity contribution in [1.29, 1.82) is 0 Å². The lowest BCUT2D eigenvalue weighted by molar-refractivity contribution is -0.174. The molecule has 1 rings (SSSR count). The minimum atomic E-state index is -2.40. The number of Topliss-reactive ketones (excluding diaryl/α,β-unsaturated/α-hetero) is 1. The van der Waals surface area contributed by atoms with E-state index in [4.69, 9.17) is 4.74 Å². The van der Waals surface area contributed by atoms with Crippen LogP contribution in [0.25, 0.3) is 0 Å². The summed E-state index contributed by atoms with van der Waals surface area (Å²) in [6.07, 6.45) is 1.31. The molecule has 0 heterocycles. The molecule has 0 spiro atoms. The first-order valence-corrected chi connectivity index (χ1v) is 5.21. The molecule has 1 aliphatic rings. The van der Waals surface area contributed by atoms with Crippen LogP contribution in [0.4, 0.5) is 4.39 Å². The Hall–Kier alpha value is -0.930. The molecule has 0 aromatic heterocycles. The zero-order chi connectivity index (χ0) is 11.7. The summed E-state index contributed by atoms with van der Waals surface area (Å²) >= 11 is 0. The van der Waals surface area contributed by atoms with E-state index in [1.807, 2.05) is 0 Å². The lowest BCUT2D eigenvalue weighted by atomic mass is 9.85. The lowest BCUT2D eigenvalue weighted by Crippen LogP contribution is -2.47. The topological polar surface area (TPSA) is 43.4 Å². The van der Waals surface area contributed by atoms with Gasteiger partial charge in [-0.05, 0) is 40.0 Å². The SMILES string of the molecule is CC(C)(C)OC(=O)C1(F)CCCCC1=O. The predicted molar refractivity (Wildman–Crippen MR) is 53.2 cm³/mol. The summed E-state index contributed by atoms with van der Waals surface area (Å²) in [5.41, 5.74) is -3.15. The van der Waals surface area contributed by atoms with Gasteiger partial charge >= 0.3 is 5.97 Å². The molecule has 0 N–H and O–H groups in total. The monoisotopic (exact) mass is 216 g/mol. The standard InChI is InChI=1S/C11H17FO3/c1-10(2,3)15-9(14)11(12)7-5-4-6-8(11)13/h4-7H2,1-3H3. The van der Waals surface area contributed by atoms with E-state index < -0.39 is 23.0 Å². The maximum Gasteiger partial charge on any atom is 0.352 e. The van der Waals surface area contributed by atoms with Crippen molar-refractivity contribution in [2.45, 2.75) is 57.7 Å². The molecular formula is C11H17FO3. The molecule has 0 saturated heterocycles. The summed E-state index contributed by atoms with van der Waals surface area (Å²) in [5, 5.41) is 0. The van der Waals surface area contributed by atoms with Crippen molar-refractivity contribution in [1.82, 2.24) is 0 Å². The smallest absolute Gasteiger partial charge is 0.352 e. The highest BCUT2D eigenvalue weighted by atomic mass is 19.1. The van der Waals surface area contributed by atoms with Crippen molar-refractivity contribution >= 4 is 11.8 Å². The predicted octanol–water partition coefficient (Wildman–Crippen LogP) is 2.18. The zero-order valence-electron chi connectivity index (χ0n) is 9.43. The number of alkyl halides is 1. The highest BCUT2D eigenvalue weighted by Crippen LogP contribution is 2.31. The first-order valence-electron chi connectivity index (χ1n) is 5.21. The molecule has 15 heavy (non-hydrogen) atoms. The van der Waals surface area contributed by atoms with E-state index >= 15 is 0 Å². The number of carbonyl (C=O) groups is 2. The van der Waals surface area contributed by atoms with E-state index in [2.05, 4.69) is 0 Å². The summed E-state index contributed by atoms with van der Waals surface area (Å²) in [6, 6.07) is 0. The van der Waals surface area contributed by atoms with Gasteiger partial charge in [-0.1, -0.05) is 0 Å². The molecular weight excluding hydrogens is 199 g/mol. The van der Waals surface area contributed by atoms with Crippen LogP contribution >= 0.6 is 0 Å². The number of esters is 1. The molecule has 0 bridgehead atoms. The summed E-state index contributed by atoms with van der Waals surface area (Å²) < 4.78 is 19.0. The first kappa shape index (κ1) is 12.1. The van der Waals surface area contributed by atoms with Crippen molar-refractivity contribution in [3.05, 3.63) is 0 Å². The molecule has 1 saturated carbocycles. The van der Waals surface area contributed by atoms with Crippen molar-refractivity contribution in [3.8, 4) is 0 Å². The van der Waals surface area contributed by atoms with Gasteiger partial charge in [-0.2, -0.15) is 0 Å². The molecule has 86 valence electrons. The van der Waals surface area contributed by atoms with Crippen LogP contribution in [-0.4, -0.2) is 23.0 Å². The maximum atomic E-state index is 14.1. The Morgan fingerprint density at radius 1 is 1.40 bits per heavy atom. The maximum absolute atomic E-state index is 14.1. The van der Waals surface area contributed by atoms with Crippen LogP contribution in [0.15, 0.2) is 0 Å². The molecule has 0 aliphatic heterocycles. The number of hydrogen-bond donors (Lipinski definition) is 0. The van der Waals surface area contributed by atoms with Gasteiger partial charge in [0, 0.05) is 6.42 Å². The Morgan fingerprint density at radius 3 is 2.47 bits per heavy atom. The fraction of sp³-hybridized carbons (Fsp3) is 0.818. The largest absolute Gasteiger partial charge is 0.457 e.